The molecule has 0 aliphatic rings. The van der Waals surface area contributed by atoms with Crippen LogP contribution in [-0.4, -0.2) is 51.0 Å². The van der Waals surface area contributed by atoms with Crippen LogP contribution >= 0.6 is 0 Å². The summed E-state index contributed by atoms with van der Waals surface area (Å²) in [5.41, 5.74) is 1.79. The highest BCUT2D eigenvalue weighted by atomic mass is 32.2. The van der Waals surface area contributed by atoms with Crippen LogP contribution in [0.1, 0.15) is 24.1 Å². The Bertz CT molecular complexity index is 880. The first kappa shape index (κ1) is 21.1. The maximum Gasteiger partial charge on any atom is 0.236 e. The number of amides is 1. The van der Waals surface area contributed by atoms with E-state index >= 15 is 0 Å². The topological polar surface area (TPSA) is 57.7 Å². The lowest BCUT2D eigenvalue weighted by molar-refractivity contribution is -0.131. The quantitative estimate of drug-likeness (QED) is 0.727. The van der Waals surface area contributed by atoms with E-state index in [1.165, 1.54) is 18.4 Å². The third-order valence-electron chi connectivity index (χ3n) is 4.60. The molecule has 1 atom stereocenters. The summed E-state index contributed by atoms with van der Waals surface area (Å²) in [7, 11) is 0.333. The molecule has 0 spiro atoms. The molecule has 2 aromatic rings. The number of nitrogens with zero attached hydrogens (tertiary/aromatic N) is 2. The van der Waals surface area contributed by atoms with E-state index in [0.29, 0.717) is 6.54 Å². The lowest BCUT2D eigenvalue weighted by atomic mass is 10.1. The predicted molar refractivity (Wildman–Crippen MR) is 103 cm³/mol. The molecule has 0 N–H and O–H groups in total. The molecule has 0 aliphatic heterocycles. The molecule has 0 aliphatic carbocycles. The second kappa shape index (κ2) is 8.63. The van der Waals surface area contributed by atoms with Crippen LogP contribution in [-0.2, 0) is 21.2 Å². The van der Waals surface area contributed by atoms with Crippen molar-refractivity contribution in [2.45, 2.75) is 24.4 Å². The van der Waals surface area contributed by atoms with Gasteiger partial charge in [-0.3, -0.25) is 9.69 Å². The third kappa shape index (κ3) is 5.87. The Hall–Kier alpha value is -2.25. The highest BCUT2D eigenvalue weighted by Gasteiger charge is 2.18. The monoisotopic (exact) mass is 392 g/mol. The van der Waals surface area contributed by atoms with Gasteiger partial charge in [-0.15, -0.1) is 0 Å². The molecule has 0 bridgehead atoms. The van der Waals surface area contributed by atoms with Crippen LogP contribution in [0.2, 0.25) is 0 Å². The van der Waals surface area contributed by atoms with Crippen molar-refractivity contribution in [1.29, 1.82) is 0 Å². The van der Waals surface area contributed by atoms with Crippen LogP contribution in [0.4, 0.5) is 4.39 Å². The minimum atomic E-state index is -3.23. The van der Waals surface area contributed by atoms with Crippen molar-refractivity contribution < 1.29 is 17.6 Å². The number of hydrogen-bond donors (Lipinski definition) is 0. The summed E-state index contributed by atoms with van der Waals surface area (Å²) in [6.45, 7) is 2.58. The molecule has 0 saturated heterocycles. The van der Waals surface area contributed by atoms with Crippen LogP contribution in [0.5, 0.6) is 0 Å². The molecule has 0 aromatic heterocycles. The number of sulfone groups is 1. The zero-order valence-electron chi connectivity index (χ0n) is 16.0. The standard InChI is InChI=1S/C20H25FN2O3S/c1-15(17-7-11-19(12-8-17)27(4,25)26)22(2)14-20(24)23(3)13-16-5-9-18(21)10-6-16/h5-12,15H,13-14H2,1-4H3. The van der Waals surface area contributed by atoms with Crippen molar-refractivity contribution >= 4 is 15.7 Å². The molecule has 0 fully saturated rings. The average molecular weight is 392 g/mol. The normalized spacial score (nSPS) is 12.8. The van der Waals surface area contributed by atoms with E-state index < -0.39 is 9.84 Å². The van der Waals surface area contributed by atoms with Gasteiger partial charge in [0.15, 0.2) is 9.84 Å². The van der Waals surface area contributed by atoms with E-state index in [1.807, 2.05) is 18.9 Å². The largest absolute Gasteiger partial charge is 0.340 e. The predicted octanol–water partition coefficient (Wildman–Crippen LogP) is 2.88. The second-order valence-corrected chi connectivity index (χ2v) is 8.82. The van der Waals surface area contributed by atoms with Crippen LogP contribution in [0.25, 0.3) is 0 Å². The lowest BCUT2D eigenvalue weighted by Crippen LogP contribution is -2.37. The van der Waals surface area contributed by atoms with Crippen molar-refractivity contribution in [3.8, 4) is 0 Å². The number of likely N-dealkylation sites (N-methyl/N-ethyl adjacent to an activating group) is 2. The van der Waals surface area contributed by atoms with Gasteiger partial charge in [0.25, 0.3) is 0 Å². The van der Waals surface area contributed by atoms with Gasteiger partial charge in [-0.25, -0.2) is 12.8 Å². The zero-order chi connectivity index (χ0) is 20.2. The maximum absolute atomic E-state index is 13.0. The van der Waals surface area contributed by atoms with E-state index in [-0.39, 0.29) is 29.2 Å². The Kier molecular flexibility index (Phi) is 6.73. The zero-order valence-corrected chi connectivity index (χ0v) is 16.8. The summed E-state index contributed by atoms with van der Waals surface area (Å²) < 4.78 is 36.1. The van der Waals surface area contributed by atoms with Gasteiger partial charge in [-0.05, 0) is 49.4 Å². The molecule has 1 amide bonds. The smallest absolute Gasteiger partial charge is 0.236 e. The van der Waals surface area contributed by atoms with Crippen LogP contribution in [0.15, 0.2) is 53.4 Å². The SMILES string of the molecule is CC(c1ccc(S(C)(=O)=O)cc1)N(C)CC(=O)N(C)Cc1ccc(F)cc1. The first-order valence-corrected chi connectivity index (χ1v) is 10.5. The summed E-state index contributed by atoms with van der Waals surface area (Å²) in [6.07, 6.45) is 1.17. The Labute approximate surface area is 160 Å². The molecule has 146 valence electrons. The van der Waals surface area contributed by atoms with Gasteiger partial charge >= 0.3 is 0 Å². The first-order chi connectivity index (χ1) is 12.6. The van der Waals surface area contributed by atoms with E-state index in [4.69, 9.17) is 0 Å². The average Bonchev–Trinajstić information content (AvgIpc) is 2.62. The fraction of sp³-hybridized carbons (Fsp3) is 0.350. The molecule has 2 aromatic carbocycles. The number of hydrogen-bond acceptors (Lipinski definition) is 4. The van der Waals surface area contributed by atoms with Crippen molar-refractivity contribution in [1.82, 2.24) is 9.80 Å². The second-order valence-electron chi connectivity index (χ2n) is 6.81. The first-order valence-electron chi connectivity index (χ1n) is 8.56. The van der Waals surface area contributed by atoms with Gasteiger partial charge in [-0.2, -0.15) is 0 Å². The maximum atomic E-state index is 13.0. The Morgan fingerprint density at radius 1 is 1.04 bits per heavy atom. The molecular weight excluding hydrogens is 367 g/mol. The summed E-state index contributed by atoms with van der Waals surface area (Å²) in [5, 5.41) is 0. The van der Waals surface area contributed by atoms with Crippen molar-refractivity contribution in [2.24, 2.45) is 0 Å². The van der Waals surface area contributed by atoms with Gasteiger partial charge in [-0.1, -0.05) is 24.3 Å². The fourth-order valence-corrected chi connectivity index (χ4v) is 3.30. The van der Waals surface area contributed by atoms with Crippen molar-refractivity contribution in [3.63, 3.8) is 0 Å². The summed E-state index contributed by atoms with van der Waals surface area (Å²) in [4.78, 5) is 16.3. The van der Waals surface area contributed by atoms with E-state index in [0.717, 1.165) is 11.1 Å². The number of benzene rings is 2. The molecule has 2 rings (SSSR count). The summed E-state index contributed by atoms with van der Waals surface area (Å²) in [5.74, 6) is -0.357. The summed E-state index contributed by atoms with van der Waals surface area (Å²) in [6, 6.07) is 12.7. The highest BCUT2D eigenvalue weighted by molar-refractivity contribution is 7.90. The van der Waals surface area contributed by atoms with E-state index in [1.54, 1.807) is 48.3 Å². The molecule has 0 heterocycles. The van der Waals surface area contributed by atoms with Gasteiger partial charge < -0.3 is 4.90 Å². The lowest BCUT2D eigenvalue weighted by Gasteiger charge is -2.27. The Morgan fingerprint density at radius 3 is 2.11 bits per heavy atom. The number of rotatable bonds is 7. The minimum absolute atomic E-state index is 0.0539. The van der Waals surface area contributed by atoms with Gasteiger partial charge in [0, 0.05) is 25.9 Å². The van der Waals surface area contributed by atoms with Crippen LogP contribution in [0, 0.1) is 5.82 Å². The molecule has 5 nitrogen and oxygen atoms in total. The van der Waals surface area contributed by atoms with Crippen LogP contribution in [0.3, 0.4) is 0 Å². The molecular formula is C20H25FN2O3S. The molecule has 0 radical (unpaired) electrons. The highest BCUT2D eigenvalue weighted by Crippen LogP contribution is 2.21. The van der Waals surface area contributed by atoms with E-state index in [9.17, 15) is 17.6 Å². The van der Waals surface area contributed by atoms with Crippen molar-refractivity contribution in [3.05, 3.63) is 65.5 Å². The number of halogens is 1. The Balaban J connectivity index is 1.97. The fourth-order valence-electron chi connectivity index (χ4n) is 2.67. The minimum Gasteiger partial charge on any atom is -0.340 e. The van der Waals surface area contributed by atoms with Gasteiger partial charge in [0.05, 0.1) is 11.4 Å². The van der Waals surface area contributed by atoms with Crippen LogP contribution < -0.4 is 0 Å². The molecule has 1 unspecified atom stereocenters. The third-order valence-corrected chi connectivity index (χ3v) is 5.72. The Morgan fingerprint density at radius 2 is 1.59 bits per heavy atom. The molecule has 7 heteroatoms. The van der Waals surface area contributed by atoms with Gasteiger partial charge in [0.1, 0.15) is 5.82 Å². The number of carbonyl (C=O) groups is 1. The summed E-state index contributed by atoms with van der Waals surface area (Å²) >= 11 is 0. The number of carbonyl (C=O) groups excluding carboxylic acids is 1. The molecule has 27 heavy (non-hydrogen) atoms. The molecule has 0 saturated carbocycles. The van der Waals surface area contributed by atoms with Crippen molar-refractivity contribution in [2.75, 3.05) is 26.9 Å². The van der Waals surface area contributed by atoms with Gasteiger partial charge in [0.2, 0.25) is 5.91 Å². The van der Waals surface area contributed by atoms with E-state index in [2.05, 4.69) is 0 Å².